The van der Waals surface area contributed by atoms with Crippen LogP contribution in [0.25, 0.3) is 6.08 Å². The summed E-state index contributed by atoms with van der Waals surface area (Å²) in [5, 5.41) is 2.97. The number of amides is 1. The maximum absolute atomic E-state index is 11.8. The molecular weight excluding hydrogens is 294 g/mol. The highest BCUT2D eigenvalue weighted by Crippen LogP contribution is 2.15. The zero-order chi connectivity index (χ0) is 17.6. The predicted octanol–water partition coefficient (Wildman–Crippen LogP) is 6.08. The van der Waals surface area contributed by atoms with Crippen molar-refractivity contribution < 1.29 is 4.79 Å². The minimum Gasteiger partial charge on any atom is -0.353 e. The lowest BCUT2D eigenvalue weighted by atomic mass is 10.0. The largest absolute Gasteiger partial charge is 0.353 e. The van der Waals surface area contributed by atoms with E-state index in [0.717, 1.165) is 18.5 Å². The Hall–Kier alpha value is -1.57. The Balaban J connectivity index is 2.11. The lowest BCUT2D eigenvalue weighted by Gasteiger charge is -2.05. The lowest BCUT2D eigenvalue weighted by Crippen LogP contribution is -2.21. The van der Waals surface area contributed by atoms with Crippen molar-refractivity contribution in [3.05, 3.63) is 41.5 Å². The van der Waals surface area contributed by atoms with Gasteiger partial charge in [0.05, 0.1) is 0 Å². The quantitative estimate of drug-likeness (QED) is 0.365. The summed E-state index contributed by atoms with van der Waals surface area (Å²) in [5.41, 5.74) is 2.40. The molecule has 0 saturated carbocycles. The summed E-state index contributed by atoms with van der Waals surface area (Å²) in [6.07, 6.45) is 13.8. The first-order valence-electron chi connectivity index (χ1n) is 9.69. The van der Waals surface area contributed by atoms with E-state index in [-0.39, 0.29) is 5.91 Å². The van der Waals surface area contributed by atoms with E-state index in [1.807, 2.05) is 6.08 Å². The molecule has 0 unspecified atom stereocenters. The van der Waals surface area contributed by atoms with Crippen molar-refractivity contribution in [1.29, 1.82) is 0 Å². The third-order valence-electron chi connectivity index (χ3n) is 4.36. The van der Waals surface area contributed by atoms with Gasteiger partial charge in [-0.3, -0.25) is 4.79 Å². The van der Waals surface area contributed by atoms with Crippen molar-refractivity contribution in [2.75, 3.05) is 6.54 Å². The molecule has 0 bridgehead atoms. The number of rotatable bonds is 12. The first-order chi connectivity index (χ1) is 11.6. The van der Waals surface area contributed by atoms with E-state index in [1.165, 1.54) is 50.5 Å². The van der Waals surface area contributed by atoms with Gasteiger partial charge < -0.3 is 5.32 Å². The number of nitrogens with one attached hydrogen (secondary N) is 1. The third-order valence-corrected chi connectivity index (χ3v) is 4.36. The summed E-state index contributed by atoms with van der Waals surface area (Å²) < 4.78 is 0. The van der Waals surface area contributed by atoms with E-state index in [9.17, 15) is 4.79 Å². The highest BCUT2D eigenvalue weighted by Gasteiger charge is 1.98. The van der Waals surface area contributed by atoms with E-state index in [1.54, 1.807) is 6.08 Å². The standard InChI is InChI=1S/C22H35NO/c1-4-5-6-7-8-9-10-11-18-23-22(24)17-14-20-12-15-21(16-13-20)19(2)3/h12-17,19H,4-11,18H2,1-3H3,(H,23,24). The molecule has 0 heterocycles. The number of hydrogen-bond acceptors (Lipinski definition) is 1. The van der Waals surface area contributed by atoms with Crippen LogP contribution in [0.3, 0.4) is 0 Å². The van der Waals surface area contributed by atoms with Crippen molar-refractivity contribution in [3.8, 4) is 0 Å². The second-order valence-corrected chi connectivity index (χ2v) is 6.92. The molecule has 0 saturated heterocycles. The first-order valence-corrected chi connectivity index (χ1v) is 9.69. The number of hydrogen-bond donors (Lipinski definition) is 1. The highest BCUT2D eigenvalue weighted by molar-refractivity contribution is 5.91. The number of unbranched alkanes of at least 4 members (excludes halogenated alkanes) is 7. The van der Waals surface area contributed by atoms with Gasteiger partial charge >= 0.3 is 0 Å². The monoisotopic (exact) mass is 329 g/mol. The third kappa shape index (κ3) is 9.54. The molecule has 0 aliphatic rings. The summed E-state index contributed by atoms with van der Waals surface area (Å²) in [7, 11) is 0. The van der Waals surface area contributed by atoms with Crippen LogP contribution in [0.2, 0.25) is 0 Å². The highest BCUT2D eigenvalue weighted by atomic mass is 16.1. The summed E-state index contributed by atoms with van der Waals surface area (Å²) in [6.45, 7) is 7.40. The van der Waals surface area contributed by atoms with Crippen LogP contribution in [-0.4, -0.2) is 12.5 Å². The second-order valence-electron chi connectivity index (χ2n) is 6.92. The van der Waals surface area contributed by atoms with E-state index in [0.29, 0.717) is 5.92 Å². The van der Waals surface area contributed by atoms with Crippen LogP contribution >= 0.6 is 0 Å². The fourth-order valence-electron chi connectivity index (χ4n) is 2.69. The minimum absolute atomic E-state index is 0.00545. The molecule has 0 atom stereocenters. The van der Waals surface area contributed by atoms with Crippen LogP contribution < -0.4 is 5.32 Å². The second kappa shape index (κ2) is 12.8. The molecule has 0 spiro atoms. The summed E-state index contributed by atoms with van der Waals surface area (Å²) in [4.78, 5) is 11.8. The minimum atomic E-state index is 0.00545. The van der Waals surface area contributed by atoms with Crippen LogP contribution in [0.15, 0.2) is 30.3 Å². The fraction of sp³-hybridized carbons (Fsp3) is 0.591. The normalized spacial score (nSPS) is 11.3. The Morgan fingerprint density at radius 1 is 0.958 bits per heavy atom. The Labute approximate surface area is 148 Å². The van der Waals surface area contributed by atoms with Gasteiger partial charge in [-0.1, -0.05) is 90.0 Å². The Morgan fingerprint density at radius 3 is 2.12 bits per heavy atom. The van der Waals surface area contributed by atoms with Crippen LogP contribution in [0.1, 0.15) is 89.2 Å². The van der Waals surface area contributed by atoms with Gasteiger partial charge in [-0.15, -0.1) is 0 Å². The van der Waals surface area contributed by atoms with Crippen LogP contribution in [0.5, 0.6) is 0 Å². The Kier molecular flexibility index (Phi) is 10.9. The predicted molar refractivity (Wildman–Crippen MR) is 105 cm³/mol. The molecule has 0 fully saturated rings. The van der Waals surface area contributed by atoms with Crippen LogP contribution in [0.4, 0.5) is 0 Å². The SMILES string of the molecule is CCCCCCCCCCNC(=O)C=Cc1ccc(C(C)C)cc1. The average molecular weight is 330 g/mol. The smallest absolute Gasteiger partial charge is 0.243 e. The zero-order valence-electron chi connectivity index (χ0n) is 15.8. The average Bonchev–Trinajstić information content (AvgIpc) is 2.59. The Morgan fingerprint density at radius 2 is 1.54 bits per heavy atom. The van der Waals surface area contributed by atoms with Gasteiger partial charge in [0.2, 0.25) is 5.91 Å². The van der Waals surface area contributed by atoms with Crippen molar-refractivity contribution in [2.24, 2.45) is 0 Å². The molecule has 0 aromatic heterocycles. The van der Waals surface area contributed by atoms with Gasteiger partial charge in [-0.05, 0) is 29.5 Å². The molecule has 2 heteroatoms. The van der Waals surface area contributed by atoms with Gasteiger partial charge in [0.15, 0.2) is 0 Å². The van der Waals surface area contributed by atoms with Crippen molar-refractivity contribution in [3.63, 3.8) is 0 Å². The molecule has 1 amide bonds. The van der Waals surface area contributed by atoms with E-state index >= 15 is 0 Å². The lowest BCUT2D eigenvalue weighted by molar-refractivity contribution is -0.116. The van der Waals surface area contributed by atoms with E-state index in [2.05, 4.69) is 50.4 Å². The molecule has 24 heavy (non-hydrogen) atoms. The van der Waals surface area contributed by atoms with Gasteiger partial charge in [-0.2, -0.15) is 0 Å². The molecule has 1 aromatic rings. The summed E-state index contributed by atoms with van der Waals surface area (Å²) in [5.74, 6) is 0.545. The zero-order valence-corrected chi connectivity index (χ0v) is 15.8. The summed E-state index contributed by atoms with van der Waals surface area (Å²) >= 11 is 0. The van der Waals surface area contributed by atoms with Gasteiger partial charge in [-0.25, -0.2) is 0 Å². The van der Waals surface area contributed by atoms with E-state index in [4.69, 9.17) is 0 Å². The van der Waals surface area contributed by atoms with Gasteiger partial charge in [0.1, 0.15) is 0 Å². The molecule has 0 aliphatic heterocycles. The van der Waals surface area contributed by atoms with Crippen molar-refractivity contribution >= 4 is 12.0 Å². The van der Waals surface area contributed by atoms with Crippen molar-refractivity contribution in [2.45, 2.75) is 78.1 Å². The molecule has 1 N–H and O–H groups in total. The van der Waals surface area contributed by atoms with Gasteiger partial charge in [0.25, 0.3) is 0 Å². The molecule has 134 valence electrons. The van der Waals surface area contributed by atoms with Crippen molar-refractivity contribution in [1.82, 2.24) is 5.32 Å². The molecule has 2 nitrogen and oxygen atoms in total. The maximum atomic E-state index is 11.8. The molecule has 1 aromatic carbocycles. The maximum Gasteiger partial charge on any atom is 0.243 e. The fourth-order valence-corrected chi connectivity index (χ4v) is 2.69. The van der Waals surface area contributed by atoms with Crippen LogP contribution in [-0.2, 0) is 4.79 Å². The first kappa shape index (κ1) is 20.5. The summed E-state index contributed by atoms with van der Waals surface area (Å²) in [6, 6.07) is 8.39. The molecule has 0 aliphatic carbocycles. The topological polar surface area (TPSA) is 29.1 Å². The molecular formula is C22H35NO. The number of benzene rings is 1. The number of carbonyl (C=O) groups excluding carboxylic acids is 1. The Bertz CT molecular complexity index is 473. The van der Waals surface area contributed by atoms with Gasteiger partial charge in [0, 0.05) is 12.6 Å². The van der Waals surface area contributed by atoms with Crippen LogP contribution in [0, 0.1) is 0 Å². The van der Waals surface area contributed by atoms with E-state index < -0.39 is 0 Å². The number of carbonyl (C=O) groups is 1. The molecule has 1 rings (SSSR count). The molecule has 0 radical (unpaired) electrons.